The van der Waals surface area contributed by atoms with E-state index in [4.69, 9.17) is 14.2 Å². The monoisotopic (exact) mass is 480 g/mol. The van der Waals surface area contributed by atoms with Crippen LogP contribution in [0.1, 0.15) is 5.56 Å². The third-order valence-electron chi connectivity index (χ3n) is 6.44. The molecule has 8 nitrogen and oxygen atoms in total. The molecular formula is C25H24N2O6S. The maximum atomic E-state index is 14.5. The second-order valence-corrected chi connectivity index (χ2v) is 9.45. The van der Waals surface area contributed by atoms with Gasteiger partial charge < -0.3 is 14.2 Å². The van der Waals surface area contributed by atoms with E-state index >= 15 is 0 Å². The van der Waals surface area contributed by atoms with Gasteiger partial charge in [0.2, 0.25) is 0 Å². The van der Waals surface area contributed by atoms with Crippen molar-refractivity contribution in [2.75, 3.05) is 45.4 Å². The topological polar surface area (TPSA) is 85.4 Å². The first-order chi connectivity index (χ1) is 16.5. The van der Waals surface area contributed by atoms with Crippen molar-refractivity contribution < 1.29 is 28.6 Å². The Labute approximate surface area is 201 Å². The van der Waals surface area contributed by atoms with Crippen LogP contribution < -0.4 is 4.90 Å². The number of benzene rings is 2. The predicted molar refractivity (Wildman–Crippen MR) is 126 cm³/mol. The fraction of sp³-hybridized carbons (Fsp3) is 0.320. The highest BCUT2D eigenvalue weighted by atomic mass is 32.2. The second-order valence-electron chi connectivity index (χ2n) is 8.07. The molecule has 2 bridgehead atoms. The average molecular weight is 481 g/mol. The number of thioether (sulfide) groups is 1. The summed E-state index contributed by atoms with van der Waals surface area (Å²) >= 11 is 1.27. The molecule has 1 amide bonds. The van der Waals surface area contributed by atoms with Gasteiger partial charge in [0.15, 0.2) is 9.74 Å². The SMILES string of the molecule is COC(=O)C1=C(C(=O)OC)C2(N3CCOCC3)SC1(c1ccccc1)C(=O)N2c1ccccc1. The van der Waals surface area contributed by atoms with E-state index in [1.807, 2.05) is 53.4 Å². The zero-order chi connectivity index (χ0) is 23.9. The highest BCUT2D eigenvalue weighted by Crippen LogP contribution is 2.68. The van der Waals surface area contributed by atoms with Gasteiger partial charge in [0, 0.05) is 18.8 Å². The van der Waals surface area contributed by atoms with Crippen LogP contribution in [0.25, 0.3) is 0 Å². The molecule has 3 aliphatic heterocycles. The van der Waals surface area contributed by atoms with Crippen molar-refractivity contribution in [3.8, 4) is 0 Å². The zero-order valence-electron chi connectivity index (χ0n) is 18.9. The Kier molecular flexibility index (Phi) is 5.71. The number of carbonyl (C=O) groups excluding carboxylic acids is 3. The van der Waals surface area contributed by atoms with Crippen molar-refractivity contribution >= 4 is 35.3 Å². The van der Waals surface area contributed by atoms with Crippen LogP contribution in [0.15, 0.2) is 71.8 Å². The lowest BCUT2D eigenvalue weighted by Gasteiger charge is -2.47. The first kappa shape index (κ1) is 22.6. The summed E-state index contributed by atoms with van der Waals surface area (Å²) in [6, 6.07) is 18.2. The number of esters is 2. The summed E-state index contributed by atoms with van der Waals surface area (Å²) in [5.74, 6) is -1.71. The molecule has 0 N–H and O–H groups in total. The first-order valence-electron chi connectivity index (χ1n) is 10.9. The Morgan fingerprint density at radius 1 is 0.882 bits per heavy atom. The number of nitrogens with zero attached hydrogens (tertiary/aromatic N) is 2. The predicted octanol–water partition coefficient (Wildman–Crippen LogP) is 2.30. The van der Waals surface area contributed by atoms with Crippen LogP contribution in [0.4, 0.5) is 5.69 Å². The molecule has 0 spiro atoms. The summed E-state index contributed by atoms with van der Waals surface area (Å²) in [7, 11) is 2.53. The van der Waals surface area contributed by atoms with Crippen molar-refractivity contribution in [1.82, 2.24) is 4.90 Å². The minimum atomic E-state index is -1.48. The van der Waals surface area contributed by atoms with Crippen LogP contribution in [0, 0.1) is 0 Å². The number of fused-ring (bicyclic) bond motifs is 2. The fourth-order valence-corrected chi connectivity index (χ4v) is 7.07. The minimum Gasteiger partial charge on any atom is -0.466 e. The van der Waals surface area contributed by atoms with Crippen LogP contribution in [0.2, 0.25) is 0 Å². The summed E-state index contributed by atoms with van der Waals surface area (Å²) in [5.41, 5.74) is 1.35. The second kappa shape index (κ2) is 8.57. The van der Waals surface area contributed by atoms with Crippen molar-refractivity contribution in [3.63, 3.8) is 0 Å². The van der Waals surface area contributed by atoms with E-state index in [0.717, 1.165) is 0 Å². The van der Waals surface area contributed by atoms with Gasteiger partial charge in [-0.05, 0) is 17.7 Å². The van der Waals surface area contributed by atoms with Crippen LogP contribution in [0.5, 0.6) is 0 Å². The fourth-order valence-electron chi connectivity index (χ4n) is 5.04. The molecule has 3 aliphatic rings. The van der Waals surface area contributed by atoms with E-state index < -0.39 is 21.7 Å². The number of hydrogen-bond donors (Lipinski definition) is 0. The minimum absolute atomic E-state index is 0.0155. The highest BCUT2D eigenvalue weighted by molar-refractivity contribution is 8.03. The number of amides is 1. The Hall–Kier alpha value is -3.14. The van der Waals surface area contributed by atoms with Gasteiger partial charge in [-0.1, -0.05) is 60.3 Å². The molecule has 9 heteroatoms. The number of rotatable bonds is 5. The number of hydrogen-bond acceptors (Lipinski definition) is 8. The summed E-state index contributed by atoms with van der Waals surface area (Å²) in [4.78, 5) is 43.6. The van der Waals surface area contributed by atoms with E-state index in [-0.39, 0.29) is 17.1 Å². The summed E-state index contributed by atoms with van der Waals surface area (Å²) in [6.45, 7) is 1.78. The lowest BCUT2D eigenvalue weighted by molar-refractivity contribution is -0.142. The van der Waals surface area contributed by atoms with Crippen LogP contribution >= 0.6 is 11.8 Å². The number of ether oxygens (including phenoxy) is 3. The largest absolute Gasteiger partial charge is 0.466 e. The van der Waals surface area contributed by atoms with E-state index in [9.17, 15) is 14.4 Å². The summed E-state index contributed by atoms with van der Waals surface area (Å²) < 4.78 is 14.5. The molecule has 2 unspecified atom stereocenters. The third kappa shape index (κ3) is 2.97. The van der Waals surface area contributed by atoms with Crippen molar-refractivity contribution in [2.45, 2.75) is 9.74 Å². The number of methoxy groups -OCH3 is 2. The van der Waals surface area contributed by atoms with Crippen LogP contribution in [-0.2, 0) is 33.3 Å². The lowest BCUT2D eigenvalue weighted by Crippen LogP contribution is -2.64. The molecule has 2 aromatic rings. The maximum absolute atomic E-state index is 14.5. The van der Waals surface area contributed by atoms with Crippen molar-refractivity contribution in [3.05, 3.63) is 77.4 Å². The quantitative estimate of drug-likeness (QED) is 0.603. The average Bonchev–Trinajstić information content (AvgIpc) is 3.37. The van der Waals surface area contributed by atoms with Crippen molar-refractivity contribution in [1.29, 1.82) is 0 Å². The number of carbonyl (C=O) groups is 3. The van der Waals surface area contributed by atoms with E-state index in [1.165, 1.54) is 26.0 Å². The molecule has 176 valence electrons. The molecular weight excluding hydrogens is 456 g/mol. The zero-order valence-corrected chi connectivity index (χ0v) is 19.7. The molecule has 0 radical (unpaired) electrons. The van der Waals surface area contributed by atoms with Gasteiger partial charge in [0.05, 0.1) is 33.0 Å². The smallest absolute Gasteiger partial charge is 0.339 e. The number of anilines is 1. The Bertz CT molecular complexity index is 1160. The molecule has 0 saturated carbocycles. The number of morpholine rings is 1. The molecule has 34 heavy (non-hydrogen) atoms. The molecule has 2 aromatic carbocycles. The molecule has 5 rings (SSSR count). The molecule has 0 aliphatic carbocycles. The van der Waals surface area contributed by atoms with Crippen LogP contribution in [0.3, 0.4) is 0 Å². The standard InChI is InChI=1S/C25H24N2O6S/c1-31-21(28)19-20(22(29)32-2)25(26-13-15-33-16-14-26)27(18-11-7-4-8-12-18)23(30)24(19,34-25)17-9-5-3-6-10-17/h3-12H,13-16H2,1-2H3. The molecule has 2 fully saturated rings. The lowest BCUT2D eigenvalue weighted by atomic mass is 9.81. The molecule has 2 saturated heterocycles. The molecule has 2 atom stereocenters. The highest BCUT2D eigenvalue weighted by Gasteiger charge is 2.76. The summed E-state index contributed by atoms with van der Waals surface area (Å²) in [5, 5.41) is 0. The Balaban J connectivity index is 1.88. The third-order valence-corrected chi connectivity index (χ3v) is 8.29. The van der Waals surface area contributed by atoms with E-state index in [1.54, 1.807) is 17.0 Å². The van der Waals surface area contributed by atoms with Gasteiger partial charge in [-0.2, -0.15) is 0 Å². The van der Waals surface area contributed by atoms with Crippen molar-refractivity contribution in [2.24, 2.45) is 0 Å². The maximum Gasteiger partial charge on any atom is 0.339 e. The van der Waals surface area contributed by atoms with E-state index in [0.29, 0.717) is 37.6 Å². The normalized spacial score (nSPS) is 26.6. The van der Waals surface area contributed by atoms with Crippen LogP contribution in [-0.4, -0.2) is 68.3 Å². The van der Waals surface area contributed by atoms with Gasteiger partial charge in [-0.3, -0.25) is 14.6 Å². The Morgan fingerprint density at radius 3 is 2.03 bits per heavy atom. The van der Waals surface area contributed by atoms with Gasteiger partial charge in [-0.15, -0.1) is 0 Å². The number of para-hydroxylation sites is 1. The van der Waals surface area contributed by atoms with Gasteiger partial charge in [0.1, 0.15) is 5.57 Å². The van der Waals surface area contributed by atoms with E-state index in [2.05, 4.69) is 0 Å². The first-order valence-corrected chi connectivity index (χ1v) is 11.7. The Morgan fingerprint density at radius 2 is 1.44 bits per heavy atom. The molecule has 0 aromatic heterocycles. The van der Waals surface area contributed by atoms with Gasteiger partial charge >= 0.3 is 11.9 Å². The summed E-state index contributed by atoms with van der Waals surface area (Å²) in [6.07, 6.45) is 0. The molecule has 3 heterocycles. The van der Waals surface area contributed by atoms with Gasteiger partial charge in [0.25, 0.3) is 5.91 Å². The van der Waals surface area contributed by atoms with Gasteiger partial charge in [-0.25, -0.2) is 9.59 Å².